The first kappa shape index (κ1) is 19.5. The Morgan fingerprint density at radius 1 is 0.875 bits per heavy atom. The van der Waals surface area contributed by atoms with Crippen molar-refractivity contribution in [2.24, 2.45) is 0 Å². The van der Waals surface area contributed by atoms with E-state index in [2.05, 4.69) is 6.58 Å². The van der Waals surface area contributed by atoms with Gasteiger partial charge in [-0.3, -0.25) is 19.2 Å². The lowest BCUT2D eigenvalue weighted by Crippen LogP contribution is -2.57. The summed E-state index contributed by atoms with van der Waals surface area (Å²) in [6.45, 7) is 8.01. The van der Waals surface area contributed by atoms with Gasteiger partial charge in [0.1, 0.15) is 12.4 Å². The molecule has 0 unspecified atom stereocenters. The largest absolute Gasteiger partial charge is 0.484 e. The first-order valence-electron chi connectivity index (χ1n) is 7.12. The summed E-state index contributed by atoms with van der Waals surface area (Å²) in [5, 5.41) is 0. The lowest BCUT2D eigenvalue weighted by atomic mass is 9.97. The maximum atomic E-state index is 11.4. The van der Waals surface area contributed by atoms with E-state index in [1.54, 1.807) is 0 Å². The van der Waals surface area contributed by atoms with E-state index in [0.29, 0.717) is 0 Å². The fourth-order valence-corrected chi connectivity index (χ4v) is 2.19. The number of hydrogen-bond donors (Lipinski definition) is 0. The highest BCUT2D eigenvalue weighted by molar-refractivity contribution is 5.69. The molecular formula is C15H20O9. The highest BCUT2D eigenvalue weighted by Gasteiger charge is 2.49. The van der Waals surface area contributed by atoms with Crippen LogP contribution in [-0.2, 0) is 42.9 Å². The molecule has 0 saturated carbocycles. The van der Waals surface area contributed by atoms with Crippen molar-refractivity contribution in [1.82, 2.24) is 0 Å². The van der Waals surface area contributed by atoms with Crippen LogP contribution in [0, 0.1) is 0 Å². The fourth-order valence-electron chi connectivity index (χ4n) is 2.19. The van der Waals surface area contributed by atoms with Gasteiger partial charge in [-0.05, 0) is 0 Å². The van der Waals surface area contributed by atoms with Gasteiger partial charge in [0.2, 0.25) is 0 Å². The second kappa shape index (κ2) is 8.32. The van der Waals surface area contributed by atoms with Gasteiger partial charge >= 0.3 is 23.9 Å². The van der Waals surface area contributed by atoms with Crippen molar-refractivity contribution in [1.29, 1.82) is 0 Å². The molecule has 0 aromatic carbocycles. The minimum Gasteiger partial charge on any atom is -0.484 e. The van der Waals surface area contributed by atoms with Crippen LogP contribution in [0.5, 0.6) is 0 Å². The normalized spacial score (nSPS) is 25.9. The maximum Gasteiger partial charge on any atom is 0.303 e. The Hall–Kier alpha value is -2.58. The highest BCUT2D eigenvalue weighted by atomic mass is 16.7. The average molecular weight is 344 g/mol. The van der Waals surface area contributed by atoms with Crippen molar-refractivity contribution in [3.8, 4) is 0 Å². The van der Waals surface area contributed by atoms with Crippen LogP contribution >= 0.6 is 0 Å². The molecule has 1 heterocycles. The van der Waals surface area contributed by atoms with Crippen LogP contribution < -0.4 is 0 Å². The number of carbonyl (C=O) groups excluding carboxylic acids is 4. The Morgan fingerprint density at radius 2 is 1.38 bits per heavy atom. The molecule has 1 saturated heterocycles. The van der Waals surface area contributed by atoms with Crippen molar-refractivity contribution in [2.45, 2.75) is 52.1 Å². The van der Waals surface area contributed by atoms with Crippen molar-refractivity contribution < 1.29 is 42.9 Å². The van der Waals surface area contributed by atoms with Crippen molar-refractivity contribution >= 4 is 23.9 Å². The molecule has 24 heavy (non-hydrogen) atoms. The first-order chi connectivity index (χ1) is 11.1. The molecule has 9 heteroatoms. The maximum absolute atomic E-state index is 11.4. The van der Waals surface area contributed by atoms with Crippen LogP contribution in [0.1, 0.15) is 27.7 Å². The Morgan fingerprint density at radius 3 is 1.83 bits per heavy atom. The Balaban J connectivity index is 3.13. The Labute approximate surface area is 138 Å². The zero-order chi connectivity index (χ0) is 18.4. The molecule has 4 atom stereocenters. The van der Waals surface area contributed by atoms with Gasteiger partial charge in [-0.25, -0.2) is 0 Å². The zero-order valence-electron chi connectivity index (χ0n) is 13.9. The molecule has 0 spiro atoms. The Bertz CT molecular complexity index is 539. The minimum atomic E-state index is -1.18. The third-order valence-electron chi connectivity index (χ3n) is 2.96. The molecule has 9 nitrogen and oxygen atoms in total. The van der Waals surface area contributed by atoms with E-state index < -0.39 is 48.3 Å². The van der Waals surface area contributed by atoms with Crippen molar-refractivity contribution in [3.05, 3.63) is 12.3 Å². The molecule has 0 aliphatic carbocycles. The molecular weight excluding hydrogens is 324 g/mol. The number of rotatable bonds is 5. The van der Waals surface area contributed by atoms with Gasteiger partial charge in [0.25, 0.3) is 0 Å². The number of ether oxygens (including phenoxy) is 5. The first-order valence-corrected chi connectivity index (χ1v) is 7.12. The molecule has 1 aliphatic heterocycles. The van der Waals surface area contributed by atoms with Gasteiger partial charge in [0.05, 0.1) is 0 Å². The Kier molecular flexibility index (Phi) is 6.75. The van der Waals surface area contributed by atoms with Crippen LogP contribution in [0.3, 0.4) is 0 Å². The summed E-state index contributed by atoms with van der Waals surface area (Å²) in [5.74, 6) is -2.62. The molecule has 0 bridgehead atoms. The second-order valence-electron chi connectivity index (χ2n) is 5.10. The highest BCUT2D eigenvalue weighted by Crippen LogP contribution is 2.30. The van der Waals surface area contributed by atoms with E-state index in [4.69, 9.17) is 23.7 Å². The van der Waals surface area contributed by atoms with Gasteiger partial charge in [0, 0.05) is 27.7 Å². The summed E-state index contributed by atoms with van der Waals surface area (Å²) in [4.78, 5) is 45.1. The van der Waals surface area contributed by atoms with Crippen LogP contribution in [0.25, 0.3) is 0 Å². The van der Waals surface area contributed by atoms with Crippen LogP contribution in [0.2, 0.25) is 0 Å². The topological polar surface area (TPSA) is 114 Å². The molecule has 1 fully saturated rings. The molecule has 0 aromatic heterocycles. The molecule has 134 valence electrons. The lowest BCUT2D eigenvalue weighted by Gasteiger charge is -2.41. The number of hydrogen-bond acceptors (Lipinski definition) is 9. The number of esters is 4. The third kappa shape index (κ3) is 5.56. The van der Waals surface area contributed by atoms with Crippen molar-refractivity contribution in [2.75, 3.05) is 6.61 Å². The summed E-state index contributed by atoms with van der Waals surface area (Å²) in [5.41, 5.74) is 0. The van der Waals surface area contributed by atoms with E-state index in [0.717, 1.165) is 20.8 Å². The predicted molar refractivity (Wildman–Crippen MR) is 77.3 cm³/mol. The standard InChI is InChI=1S/C15H20O9/c1-7-13(22-9(3)17)15(24-11(5)19)14(23-10(4)18)12(21-7)6-20-8(2)16/h12-15H,1,6H2,2-5H3/t12-,13-,14-,15-/m1/s1. The quantitative estimate of drug-likeness (QED) is 0.511. The molecule has 0 amide bonds. The van der Waals surface area contributed by atoms with E-state index >= 15 is 0 Å². The van der Waals surface area contributed by atoms with Crippen LogP contribution in [0.15, 0.2) is 12.3 Å². The molecule has 0 aromatic rings. The predicted octanol–water partition coefficient (Wildman–Crippen LogP) is 0.257. The second-order valence-corrected chi connectivity index (χ2v) is 5.10. The summed E-state index contributed by atoms with van der Waals surface area (Å²) >= 11 is 0. The average Bonchev–Trinajstić information content (AvgIpc) is 2.42. The monoisotopic (exact) mass is 344 g/mol. The fraction of sp³-hybridized carbons (Fsp3) is 0.600. The SMILES string of the molecule is C=C1O[C@H](COC(C)=O)[C@@H](OC(C)=O)[C@H](OC(C)=O)[C@@H]1OC(C)=O. The van der Waals surface area contributed by atoms with Crippen molar-refractivity contribution in [3.63, 3.8) is 0 Å². The van der Waals surface area contributed by atoms with E-state index in [1.165, 1.54) is 6.92 Å². The van der Waals surface area contributed by atoms with Crippen LogP contribution in [-0.4, -0.2) is 54.9 Å². The molecule has 0 N–H and O–H groups in total. The summed E-state index contributed by atoms with van der Waals surface area (Å²) in [7, 11) is 0. The van der Waals surface area contributed by atoms with Gasteiger partial charge in [-0.2, -0.15) is 0 Å². The van der Waals surface area contributed by atoms with Crippen LogP contribution in [0.4, 0.5) is 0 Å². The summed E-state index contributed by atoms with van der Waals surface area (Å²) < 4.78 is 25.7. The van der Waals surface area contributed by atoms with E-state index in [-0.39, 0.29) is 12.4 Å². The zero-order valence-corrected chi connectivity index (χ0v) is 13.9. The minimum absolute atomic E-state index is 0.0167. The summed E-state index contributed by atoms with van der Waals surface area (Å²) in [6.07, 6.45) is -4.47. The van der Waals surface area contributed by atoms with Gasteiger partial charge in [-0.1, -0.05) is 6.58 Å². The summed E-state index contributed by atoms with van der Waals surface area (Å²) in [6, 6.07) is 0. The smallest absolute Gasteiger partial charge is 0.303 e. The molecule has 0 radical (unpaired) electrons. The van der Waals surface area contributed by atoms with Gasteiger partial charge < -0.3 is 23.7 Å². The van der Waals surface area contributed by atoms with Gasteiger partial charge in [-0.15, -0.1) is 0 Å². The van der Waals surface area contributed by atoms with E-state index in [9.17, 15) is 19.2 Å². The van der Waals surface area contributed by atoms with Gasteiger partial charge in [0.15, 0.2) is 24.4 Å². The number of carbonyl (C=O) groups is 4. The lowest BCUT2D eigenvalue weighted by molar-refractivity contribution is -0.215. The third-order valence-corrected chi connectivity index (χ3v) is 2.96. The molecule has 1 rings (SSSR count). The molecule has 1 aliphatic rings. The van der Waals surface area contributed by atoms with E-state index in [1.807, 2.05) is 0 Å².